The number of hydrogen-bond donors (Lipinski definition) is 1. The van der Waals surface area contributed by atoms with Crippen molar-refractivity contribution in [1.82, 2.24) is 10.2 Å². The number of halogens is 1. The summed E-state index contributed by atoms with van der Waals surface area (Å²) in [6.07, 6.45) is 1.20. The summed E-state index contributed by atoms with van der Waals surface area (Å²) in [7, 11) is 0. The third-order valence-corrected chi connectivity index (χ3v) is 5.86. The van der Waals surface area contributed by atoms with Crippen LogP contribution in [0.15, 0.2) is 84.9 Å². The summed E-state index contributed by atoms with van der Waals surface area (Å²) < 4.78 is 5.74. The van der Waals surface area contributed by atoms with Gasteiger partial charge in [0.25, 0.3) is 5.91 Å². The van der Waals surface area contributed by atoms with E-state index in [1.165, 1.54) is 0 Å². The third-order valence-electron chi connectivity index (χ3n) is 5.63. The molecule has 0 bridgehead atoms. The molecule has 178 valence electrons. The van der Waals surface area contributed by atoms with E-state index in [0.717, 1.165) is 17.5 Å². The van der Waals surface area contributed by atoms with Gasteiger partial charge in [-0.2, -0.15) is 0 Å². The Morgan fingerprint density at radius 1 is 0.941 bits per heavy atom. The molecule has 5 nitrogen and oxygen atoms in total. The van der Waals surface area contributed by atoms with Crippen molar-refractivity contribution in [1.29, 1.82) is 0 Å². The van der Waals surface area contributed by atoms with E-state index in [2.05, 4.69) is 5.32 Å². The number of benzene rings is 3. The lowest BCUT2D eigenvalue weighted by molar-refractivity contribution is -0.143. The van der Waals surface area contributed by atoms with Gasteiger partial charge in [-0.1, -0.05) is 85.3 Å². The number of nitrogens with one attached hydrogen (secondary N) is 1. The summed E-state index contributed by atoms with van der Waals surface area (Å²) in [5, 5.41) is 3.59. The number of ether oxygens (including phenoxy) is 1. The number of carbonyl (C=O) groups is 2. The van der Waals surface area contributed by atoms with Crippen LogP contribution in [0.3, 0.4) is 0 Å². The molecule has 3 aromatic carbocycles. The van der Waals surface area contributed by atoms with Crippen LogP contribution in [0.5, 0.6) is 5.75 Å². The zero-order valence-corrected chi connectivity index (χ0v) is 20.4. The molecule has 1 N–H and O–H groups in total. The van der Waals surface area contributed by atoms with Gasteiger partial charge in [-0.15, -0.1) is 0 Å². The highest BCUT2D eigenvalue weighted by Gasteiger charge is 2.31. The van der Waals surface area contributed by atoms with Gasteiger partial charge in [0.15, 0.2) is 6.61 Å². The number of hydrogen-bond acceptors (Lipinski definition) is 3. The fraction of sp³-hybridized carbons (Fsp3) is 0.286. The van der Waals surface area contributed by atoms with E-state index in [1.807, 2.05) is 74.5 Å². The number of carbonyl (C=O) groups excluding carboxylic acids is 2. The molecule has 0 aromatic heterocycles. The second-order valence-corrected chi connectivity index (χ2v) is 8.71. The molecular formula is C28H31ClN2O3. The predicted molar refractivity (Wildman–Crippen MR) is 136 cm³/mol. The minimum Gasteiger partial charge on any atom is -0.484 e. The number of amides is 2. The molecule has 0 radical (unpaired) electrons. The van der Waals surface area contributed by atoms with Crippen molar-refractivity contribution < 1.29 is 14.3 Å². The normalized spacial score (nSPS) is 12.4. The SMILES string of the molecule is CC[C@@H](C)NC(=O)[C@H](Cc1ccccc1)N(Cc1ccccc1)C(=O)COc1cccc(Cl)c1. The highest BCUT2D eigenvalue weighted by Crippen LogP contribution is 2.19. The van der Waals surface area contributed by atoms with E-state index < -0.39 is 6.04 Å². The van der Waals surface area contributed by atoms with Gasteiger partial charge in [0.1, 0.15) is 11.8 Å². The molecule has 0 unspecified atom stereocenters. The first-order chi connectivity index (χ1) is 16.5. The maximum absolute atomic E-state index is 13.5. The molecule has 0 fully saturated rings. The second kappa shape index (κ2) is 12.8. The van der Waals surface area contributed by atoms with Crippen LogP contribution in [0, 0.1) is 0 Å². The van der Waals surface area contributed by atoms with Gasteiger partial charge in [0.05, 0.1) is 0 Å². The van der Waals surface area contributed by atoms with Gasteiger partial charge >= 0.3 is 0 Å². The van der Waals surface area contributed by atoms with Crippen molar-refractivity contribution in [2.45, 2.75) is 45.3 Å². The van der Waals surface area contributed by atoms with E-state index in [-0.39, 0.29) is 24.5 Å². The van der Waals surface area contributed by atoms with Gasteiger partial charge in [0, 0.05) is 24.0 Å². The van der Waals surface area contributed by atoms with Crippen molar-refractivity contribution in [2.75, 3.05) is 6.61 Å². The average molecular weight is 479 g/mol. The summed E-state index contributed by atoms with van der Waals surface area (Å²) >= 11 is 6.05. The van der Waals surface area contributed by atoms with E-state index in [0.29, 0.717) is 23.7 Å². The molecule has 0 aliphatic rings. The van der Waals surface area contributed by atoms with Gasteiger partial charge in [0.2, 0.25) is 5.91 Å². The van der Waals surface area contributed by atoms with Gasteiger partial charge < -0.3 is 15.0 Å². The standard InChI is InChI=1S/C28H31ClN2O3/c1-3-21(2)30-28(33)26(17-22-11-6-4-7-12-22)31(19-23-13-8-5-9-14-23)27(32)20-34-25-16-10-15-24(29)18-25/h4-16,18,21,26H,3,17,19-20H2,1-2H3,(H,30,33)/t21-,26+/m1/s1. The first-order valence-electron chi connectivity index (χ1n) is 11.5. The van der Waals surface area contributed by atoms with E-state index >= 15 is 0 Å². The van der Waals surface area contributed by atoms with Crippen LogP contribution in [0.4, 0.5) is 0 Å². The van der Waals surface area contributed by atoms with Crippen LogP contribution in [-0.2, 0) is 22.6 Å². The molecule has 3 aromatic rings. The van der Waals surface area contributed by atoms with Crippen LogP contribution in [-0.4, -0.2) is 35.4 Å². The minimum absolute atomic E-state index is 0.00200. The first-order valence-corrected chi connectivity index (χ1v) is 11.9. The summed E-state index contributed by atoms with van der Waals surface area (Å²) in [5.41, 5.74) is 1.92. The van der Waals surface area contributed by atoms with Crippen molar-refractivity contribution in [3.63, 3.8) is 0 Å². The van der Waals surface area contributed by atoms with Gasteiger partial charge in [-0.25, -0.2) is 0 Å². The van der Waals surface area contributed by atoms with Crippen LogP contribution in [0.1, 0.15) is 31.4 Å². The largest absolute Gasteiger partial charge is 0.484 e. The lowest BCUT2D eigenvalue weighted by Gasteiger charge is -2.32. The smallest absolute Gasteiger partial charge is 0.261 e. The minimum atomic E-state index is -0.688. The fourth-order valence-electron chi connectivity index (χ4n) is 3.56. The lowest BCUT2D eigenvalue weighted by atomic mass is 10.0. The first kappa shape index (κ1) is 25.3. The van der Waals surface area contributed by atoms with Crippen molar-refractivity contribution in [3.05, 3.63) is 101 Å². The molecule has 0 aliphatic carbocycles. The van der Waals surface area contributed by atoms with Crippen LogP contribution in [0.25, 0.3) is 0 Å². The zero-order chi connectivity index (χ0) is 24.3. The Hall–Kier alpha value is -3.31. The predicted octanol–water partition coefficient (Wildman–Crippen LogP) is 5.27. The Balaban J connectivity index is 1.89. The monoisotopic (exact) mass is 478 g/mol. The van der Waals surface area contributed by atoms with Crippen LogP contribution >= 0.6 is 11.6 Å². The van der Waals surface area contributed by atoms with Crippen molar-refractivity contribution in [2.24, 2.45) is 0 Å². The Labute approximate surface area is 206 Å². The molecule has 6 heteroatoms. The molecule has 0 saturated carbocycles. The highest BCUT2D eigenvalue weighted by molar-refractivity contribution is 6.30. The molecule has 0 heterocycles. The van der Waals surface area contributed by atoms with Crippen molar-refractivity contribution in [3.8, 4) is 5.75 Å². The Kier molecular flexibility index (Phi) is 9.53. The molecule has 3 rings (SSSR count). The van der Waals surface area contributed by atoms with E-state index in [9.17, 15) is 9.59 Å². The zero-order valence-electron chi connectivity index (χ0n) is 19.6. The summed E-state index contributed by atoms with van der Waals surface area (Å²) in [4.78, 5) is 28.5. The van der Waals surface area contributed by atoms with Crippen LogP contribution in [0.2, 0.25) is 5.02 Å². The highest BCUT2D eigenvalue weighted by atomic mass is 35.5. The Morgan fingerprint density at radius 3 is 2.21 bits per heavy atom. The van der Waals surface area contributed by atoms with Gasteiger partial charge in [-0.3, -0.25) is 9.59 Å². The Morgan fingerprint density at radius 2 is 1.59 bits per heavy atom. The fourth-order valence-corrected chi connectivity index (χ4v) is 3.74. The second-order valence-electron chi connectivity index (χ2n) is 8.28. The summed E-state index contributed by atoms with van der Waals surface area (Å²) in [6.45, 7) is 4.07. The molecule has 0 spiro atoms. The Bertz CT molecular complexity index is 1060. The number of rotatable bonds is 11. The molecule has 0 saturated heterocycles. The van der Waals surface area contributed by atoms with E-state index in [4.69, 9.17) is 16.3 Å². The van der Waals surface area contributed by atoms with Crippen LogP contribution < -0.4 is 10.1 Å². The third kappa shape index (κ3) is 7.63. The molecule has 2 amide bonds. The molecule has 0 aliphatic heterocycles. The maximum atomic E-state index is 13.5. The summed E-state index contributed by atoms with van der Waals surface area (Å²) in [5.74, 6) is 0.0541. The topological polar surface area (TPSA) is 58.6 Å². The summed E-state index contributed by atoms with van der Waals surface area (Å²) in [6, 6.07) is 25.6. The molecule has 34 heavy (non-hydrogen) atoms. The average Bonchev–Trinajstić information content (AvgIpc) is 2.85. The van der Waals surface area contributed by atoms with Gasteiger partial charge in [-0.05, 0) is 42.7 Å². The number of nitrogens with zero attached hydrogens (tertiary/aromatic N) is 1. The lowest BCUT2D eigenvalue weighted by Crippen LogP contribution is -2.53. The maximum Gasteiger partial charge on any atom is 0.261 e. The van der Waals surface area contributed by atoms with Crippen molar-refractivity contribution >= 4 is 23.4 Å². The molecular weight excluding hydrogens is 448 g/mol. The van der Waals surface area contributed by atoms with E-state index in [1.54, 1.807) is 29.2 Å². The molecule has 2 atom stereocenters. The quantitative estimate of drug-likeness (QED) is 0.408.